The highest BCUT2D eigenvalue weighted by atomic mass is 16.6. The van der Waals surface area contributed by atoms with Crippen molar-refractivity contribution >= 4 is 12.1 Å². The highest BCUT2D eigenvalue weighted by Crippen LogP contribution is 2.21. The maximum Gasteiger partial charge on any atom is 0.410 e. The Morgan fingerprint density at radius 3 is 2.17 bits per heavy atom. The summed E-state index contributed by atoms with van der Waals surface area (Å²) >= 11 is 0. The van der Waals surface area contributed by atoms with Gasteiger partial charge in [-0.2, -0.15) is 0 Å². The topological polar surface area (TPSA) is 88.1 Å². The van der Waals surface area contributed by atoms with Crippen LogP contribution in [0.15, 0.2) is 60.7 Å². The number of carbonyl (C=O) groups is 2. The smallest absolute Gasteiger partial charge is 0.410 e. The summed E-state index contributed by atoms with van der Waals surface area (Å²) in [7, 11) is 0. The fourth-order valence-corrected chi connectivity index (χ4v) is 3.49. The number of rotatable bonds is 8. The van der Waals surface area contributed by atoms with Gasteiger partial charge in [0.25, 0.3) is 0 Å². The van der Waals surface area contributed by atoms with E-state index in [4.69, 9.17) is 14.6 Å². The number of nitrogens with one attached hydrogen (secondary N) is 1. The van der Waals surface area contributed by atoms with Gasteiger partial charge in [0.15, 0.2) is 0 Å². The average molecular weight is 412 g/mol. The number of ether oxygens (including phenoxy) is 2. The van der Waals surface area contributed by atoms with Gasteiger partial charge in [0.1, 0.15) is 19.3 Å². The zero-order valence-electron chi connectivity index (χ0n) is 16.9. The Balaban J connectivity index is 1.62. The summed E-state index contributed by atoms with van der Waals surface area (Å²) in [6.07, 6.45) is 0.554. The Morgan fingerprint density at radius 2 is 1.57 bits per heavy atom. The van der Waals surface area contributed by atoms with E-state index in [1.165, 1.54) is 4.90 Å². The number of aliphatic hydroxyl groups excluding tert-OH is 1. The zero-order chi connectivity index (χ0) is 21.2. The largest absolute Gasteiger partial charge is 0.459 e. The van der Waals surface area contributed by atoms with E-state index in [-0.39, 0.29) is 25.9 Å². The van der Waals surface area contributed by atoms with Gasteiger partial charge >= 0.3 is 12.1 Å². The number of likely N-dealkylation sites (tertiary alicyclic amines) is 1. The number of esters is 1. The van der Waals surface area contributed by atoms with E-state index < -0.39 is 18.1 Å². The normalized spacial score (nSPS) is 18.6. The summed E-state index contributed by atoms with van der Waals surface area (Å²) in [4.78, 5) is 27.0. The lowest BCUT2D eigenvalue weighted by Gasteiger charge is -2.37. The highest BCUT2D eigenvalue weighted by Gasteiger charge is 2.38. The van der Waals surface area contributed by atoms with Gasteiger partial charge in [-0.25, -0.2) is 9.59 Å². The minimum Gasteiger partial charge on any atom is -0.459 e. The van der Waals surface area contributed by atoms with Crippen LogP contribution < -0.4 is 5.32 Å². The summed E-state index contributed by atoms with van der Waals surface area (Å²) in [6, 6.07) is 18.1. The molecule has 2 N–H and O–H groups in total. The Bertz CT molecular complexity index is 800. The second-order valence-corrected chi connectivity index (χ2v) is 7.24. The third kappa shape index (κ3) is 6.30. The molecule has 0 saturated carbocycles. The molecule has 1 fully saturated rings. The fourth-order valence-electron chi connectivity index (χ4n) is 3.49. The summed E-state index contributed by atoms with van der Waals surface area (Å²) in [5.41, 5.74) is 1.77. The van der Waals surface area contributed by atoms with Crippen LogP contribution in [0.25, 0.3) is 0 Å². The lowest BCUT2D eigenvalue weighted by atomic mass is 9.97. The molecular formula is C23H28N2O5. The first kappa shape index (κ1) is 21.8. The predicted molar refractivity (Wildman–Crippen MR) is 111 cm³/mol. The van der Waals surface area contributed by atoms with Crippen LogP contribution in [0.1, 0.15) is 24.0 Å². The summed E-state index contributed by atoms with van der Waals surface area (Å²) in [5.74, 6) is -0.453. The quantitative estimate of drug-likeness (QED) is 0.648. The van der Waals surface area contributed by atoms with E-state index >= 15 is 0 Å². The molecule has 2 atom stereocenters. The van der Waals surface area contributed by atoms with Gasteiger partial charge in [-0.3, -0.25) is 4.90 Å². The first-order valence-electron chi connectivity index (χ1n) is 10.2. The minimum atomic E-state index is -0.734. The molecule has 0 radical (unpaired) electrons. The molecule has 2 aromatic rings. The van der Waals surface area contributed by atoms with Crippen molar-refractivity contribution in [2.45, 2.75) is 38.1 Å². The standard InChI is InChI=1S/C23H28N2O5/c26-14-12-24-20-11-13-25(23(28)30-17-19-9-5-2-6-10-19)21(15-20)22(27)29-16-18-7-3-1-4-8-18/h1-10,20-21,24,26H,11-17H2. The SMILES string of the molecule is O=C(OCc1ccccc1)C1CC(NCCO)CCN1C(=O)OCc1ccccc1. The van der Waals surface area contributed by atoms with Crippen molar-refractivity contribution in [2.24, 2.45) is 0 Å². The number of hydrogen-bond acceptors (Lipinski definition) is 6. The van der Waals surface area contributed by atoms with Gasteiger partial charge in [-0.05, 0) is 24.0 Å². The molecule has 1 heterocycles. The minimum absolute atomic E-state index is 0.0163. The Labute approximate surface area is 176 Å². The monoisotopic (exact) mass is 412 g/mol. The van der Waals surface area contributed by atoms with Crippen LogP contribution in [0.3, 0.4) is 0 Å². The molecule has 1 aliphatic rings. The molecular weight excluding hydrogens is 384 g/mol. The van der Waals surface area contributed by atoms with Crippen LogP contribution in [0.5, 0.6) is 0 Å². The summed E-state index contributed by atoms with van der Waals surface area (Å²) in [6.45, 7) is 1.13. The molecule has 1 saturated heterocycles. The van der Waals surface area contributed by atoms with Crippen molar-refractivity contribution in [2.75, 3.05) is 19.7 Å². The van der Waals surface area contributed by atoms with E-state index in [2.05, 4.69) is 5.32 Å². The molecule has 0 aromatic heterocycles. The molecule has 2 unspecified atom stereocenters. The lowest BCUT2D eigenvalue weighted by molar-refractivity contribution is -0.152. The Kier molecular flexibility index (Phi) is 8.23. The second-order valence-electron chi connectivity index (χ2n) is 7.24. The van der Waals surface area contributed by atoms with Crippen molar-refractivity contribution < 1.29 is 24.2 Å². The van der Waals surface area contributed by atoms with Crippen LogP contribution in [0, 0.1) is 0 Å². The van der Waals surface area contributed by atoms with Crippen molar-refractivity contribution in [1.29, 1.82) is 0 Å². The van der Waals surface area contributed by atoms with Crippen LogP contribution in [-0.4, -0.2) is 53.8 Å². The van der Waals surface area contributed by atoms with E-state index in [1.54, 1.807) is 0 Å². The molecule has 160 valence electrons. The first-order valence-corrected chi connectivity index (χ1v) is 10.2. The van der Waals surface area contributed by atoms with Crippen molar-refractivity contribution in [1.82, 2.24) is 10.2 Å². The van der Waals surface area contributed by atoms with Crippen LogP contribution in [0.2, 0.25) is 0 Å². The number of amides is 1. The van der Waals surface area contributed by atoms with Crippen molar-refractivity contribution in [3.05, 3.63) is 71.8 Å². The van der Waals surface area contributed by atoms with Gasteiger partial charge in [-0.15, -0.1) is 0 Å². The first-order chi connectivity index (χ1) is 14.7. The van der Waals surface area contributed by atoms with Gasteiger partial charge in [0, 0.05) is 19.1 Å². The van der Waals surface area contributed by atoms with E-state index in [1.807, 2.05) is 60.7 Å². The molecule has 0 bridgehead atoms. The molecule has 30 heavy (non-hydrogen) atoms. The predicted octanol–water partition coefficient (Wildman–Crippen LogP) is 2.48. The van der Waals surface area contributed by atoms with Crippen LogP contribution in [0.4, 0.5) is 4.79 Å². The Hall–Kier alpha value is -2.90. The van der Waals surface area contributed by atoms with Crippen LogP contribution in [-0.2, 0) is 27.5 Å². The maximum absolute atomic E-state index is 12.8. The fraction of sp³-hybridized carbons (Fsp3) is 0.391. The molecule has 1 aliphatic heterocycles. The third-order valence-corrected chi connectivity index (χ3v) is 5.08. The van der Waals surface area contributed by atoms with Crippen molar-refractivity contribution in [3.63, 3.8) is 0 Å². The number of aliphatic hydroxyl groups is 1. The van der Waals surface area contributed by atoms with E-state index in [0.717, 1.165) is 11.1 Å². The number of hydrogen-bond donors (Lipinski definition) is 2. The molecule has 3 rings (SSSR count). The third-order valence-electron chi connectivity index (χ3n) is 5.08. The molecule has 7 nitrogen and oxygen atoms in total. The molecule has 7 heteroatoms. The van der Waals surface area contributed by atoms with Gasteiger partial charge in [-0.1, -0.05) is 60.7 Å². The summed E-state index contributed by atoms with van der Waals surface area (Å²) < 4.78 is 10.9. The number of nitrogens with zero attached hydrogens (tertiary/aromatic N) is 1. The van der Waals surface area contributed by atoms with E-state index in [9.17, 15) is 9.59 Å². The Morgan fingerprint density at radius 1 is 0.967 bits per heavy atom. The zero-order valence-corrected chi connectivity index (χ0v) is 16.9. The second kappa shape index (κ2) is 11.3. The van der Waals surface area contributed by atoms with Crippen LogP contribution >= 0.6 is 0 Å². The molecule has 1 amide bonds. The maximum atomic E-state index is 12.8. The van der Waals surface area contributed by atoms with Gasteiger partial charge in [0.05, 0.1) is 6.61 Å². The van der Waals surface area contributed by atoms with Crippen molar-refractivity contribution in [3.8, 4) is 0 Å². The highest BCUT2D eigenvalue weighted by molar-refractivity contribution is 5.81. The number of piperidine rings is 1. The van der Waals surface area contributed by atoms with Gasteiger partial charge < -0.3 is 19.9 Å². The average Bonchev–Trinajstić information content (AvgIpc) is 2.80. The number of carbonyl (C=O) groups excluding carboxylic acids is 2. The molecule has 2 aromatic carbocycles. The summed E-state index contributed by atoms with van der Waals surface area (Å²) in [5, 5.41) is 12.3. The van der Waals surface area contributed by atoms with E-state index in [0.29, 0.717) is 25.9 Å². The van der Waals surface area contributed by atoms with Gasteiger partial charge in [0.2, 0.25) is 0 Å². The molecule has 0 aliphatic carbocycles. The lowest BCUT2D eigenvalue weighted by Crippen LogP contribution is -2.54. The number of benzene rings is 2. The molecule has 0 spiro atoms.